The molecule has 1 aromatic rings. The Morgan fingerprint density at radius 3 is 1.89 bits per heavy atom. The fourth-order valence-corrected chi connectivity index (χ4v) is 2.06. The molecule has 0 unspecified atom stereocenters. The second-order valence-corrected chi connectivity index (χ2v) is 4.38. The van der Waals surface area contributed by atoms with E-state index >= 15 is 0 Å². The minimum atomic E-state index is -0.292. The fraction of sp³-hybridized carbons (Fsp3) is 0.600. The van der Waals surface area contributed by atoms with Crippen molar-refractivity contribution in [3.8, 4) is 5.75 Å². The average molecular weight is 252 g/mol. The molecule has 3 heteroatoms. The zero-order valence-corrected chi connectivity index (χ0v) is 12.1. The fourth-order valence-electron chi connectivity index (χ4n) is 2.06. The Morgan fingerprint density at radius 1 is 0.944 bits per heavy atom. The Bertz CT molecular complexity index is 345. The average Bonchev–Trinajstić information content (AvgIpc) is 2.28. The number of hydrogen-bond acceptors (Lipinski definition) is 3. The van der Waals surface area contributed by atoms with Gasteiger partial charge in [0.15, 0.2) is 6.29 Å². The van der Waals surface area contributed by atoms with E-state index in [1.54, 1.807) is 0 Å². The maximum absolute atomic E-state index is 5.84. The number of hydrogen-bond donors (Lipinski definition) is 0. The van der Waals surface area contributed by atoms with Crippen LogP contribution in [0.1, 0.15) is 30.5 Å². The third-order valence-electron chi connectivity index (χ3n) is 2.67. The van der Waals surface area contributed by atoms with Crippen LogP contribution in [0, 0.1) is 20.8 Å². The quantitative estimate of drug-likeness (QED) is 0.696. The maximum atomic E-state index is 5.84. The molecule has 0 fully saturated rings. The van der Waals surface area contributed by atoms with Crippen LogP contribution in [0.4, 0.5) is 0 Å². The molecular formula is C15H24O3. The first-order valence-electron chi connectivity index (χ1n) is 6.52. The predicted octanol–water partition coefficient (Wildman–Crippen LogP) is 3.39. The lowest BCUT2D eigenvalue weighted by atomic mass is 10.1. The highest BCUT2D eigenvalue weighted by atomic mass is 16.7. The summed E-state index contributed by atoms with van der Waals surface area (Å²) >= 11 is 0. The Morgan fingerprint density at radius 2 is 1.44 bits per heavy atom. The second-order valence-electron chi connectivity index (χ2n) is 4.38. The van der Waals surface area contributed by atoms with Crippen molar-refractivity contribution in [1.82, 2.24) is 0 Å². The van der Waals surface area contributed by atoms with Crippen molar-refractivity contribution in [3.63, 3.8) is 0 Å². The van der Waals surface area contributed by atoms with Gasteiger partial charge in [0.05, 0.1) is 0 Å². The minimum Gasteiger partial charge on any atom is -0.488 e. The first-order valence-corrected chi connectivity index (χ1v) is 6.52. The van der Waals surface area contributed by atoms with E-state index in [-0.39, 0.29) is 6.29 Å². The van der Waals surface area contributed by atoms with E-state index in [9.17, 15) is 0 Å². The lowest BCUT2D eigenvalue weighted by Crippen LogP contribution is -2.25. The number of ether oxygens (including phenoxy) is 3. The minimum absolute atomic E-state index is 0.292. The van der Waals surface area contributed by atoms with Crippen LogP contribution in [-0.4, -0.2) is 26.1 Å². The van der Waals surface area contributed by atoms with Gasteiger partial charge in [-0.05, 0) is 45.7 Å². The predicted molar refractivity (Wildman–Crippen MR) is 73.2 cm³/mol. The van der Waals surface area contributed by atoms with Gasteiger partial charge in [0.2, 0.25) is 0 Å². The van der Waals surface area contributed by atoms with Crippen molar-refractivity contribution >= 4 is 0 Å². The van der Waals surface area contributed by atoms with E-state index < -0.39 is 0 Å². The SMILES string of the molecule is CCOC(COc1c(C)cc(C)cc1C)OCC. The van der Waals surface area contributed by atoms with Crippen LogP contribution in [0.25, 0.3) is 0 Å². The topological polar surface area (TPSA) is 27.7 Å². The van der Waals surface area contributed by atoms with Gasteiger partial charge in [-0.2, -0.15) is 0 Å². The maximum Gasteiger partial charge on any atom is 0.191 e. The number of aryl methyl sites for hydroxylation is 3. The summed E-state index contributed by atoms with van der Waals surface area (Å²) in [5.41, 5.74) is 3.56. The first kappa shape index (κ1) is 15.0. The van der Waals surface area contributed by atoms with Gasteiger partial charge >= 0.3 is 0 Å². The van der Waals surface area contributed by atoms with Gasteiger partial charge in [-0.15, -0.1) is 0 Å². The van der Waals surface area contributed by atoms with Gasteiger partial charge in [-0.1, -0.05) is 17.7 Å². The molecule has 0 amide bonds. The zero-order valence-electron chi connectivity index (χ0n) is 12.1. The molecule has 0 radical (unpaired) electrons. The Labute approximate surface area is 110 Å². The van der Waals surface area contributed by atoms with E-state index in [1.165, 1.54) is 5.56 Å². The summed E-state index contributed by atoms with van der Waals surface area (Å²) in [5.74, 6) is 0.935. The molecule has 3 nitrogen and oxygen atoms in total. The molecule has 18 heavy (non-hydrogen) atoms. The van der Waals surface area contributed by atoms with Crippen molar-refractivity contribution in [2.45, 2.75) is 40.9 Å². The number of rotatable bonds is 7. The van der Waals surface area contributed by atoms with Gasteiger partial charge < -0.3 is 14.2 Å². The van der Waals surface area contributed by atoms with Crippen molar-refractivity contribution in [2.24, 2.45) is 0 Å². The monoisotopic (exact) mass is 252 g/mol. The van der Waals surface area contributed by atoms with Crippen LogP contribution in [0.3, 0.4) is 0 Å². The van der Waals surface area contributed by atoms with Crippen LogP contribution in [0.2, 0.25) is 0 Å². The first-order chi connectivity index (χ1) is 8.58. The molecule has 0 saturated heterocycles. The van der Waals surface area contributed by atoms with Crippen LogP contribution < -0.4 is 4.74 Å². The molecule has 0 atom stereocenters. The molecule has 0 aromatic heterocycles. The van der Waals surface area contributed by atoms with Crippen molar-refractivity contribution < 1.29 is 14.2 Å². The van der Waals surface area contributed by atoms with E-state index in [4.69, 9.17) is 14.2 Å². The Balaban J connectivity index is 2.66. The third kappa shape index (κ3) is 4.31. The lowest BCUT2D eigenvalue weighted by molar-refractivity contribution is -0.152. The van der Waals surface area contributed by atoms with E-state index in [1.807, 2.05) is 13.8 Å². The highest BCUT2D eigenvalue weighted by Gasteiger charge is 2.11. The molecule has 102 valence electrons. The smallest absolute Gasteiger partial charge is 0.191 e. The van der Waals surface area contributed by atoms with E-state index in [0.717, 1.165) is 16.9 Å². The van der Waals surface area contributed by atoms with Crippen molar-refractivity contribution in [1.29, 1.82) is 0 Å². The van der Waals surface area contributed by atoms with Crippen molar-refractivity contribution in [3.05, 3.63) is 28.8 Å². The molecule has 1 aromatic carbocycles. The van der Waals surface area contributed by atoms with Gasteiger partial charge in [0.1, 0.15) is 12.4 Å². The molecule has 0 saturated carbocycles. The van der Waals surface area contributed by atoms with Gasteiger partial charge in [0.25, 0.3) is 0 Å². The molecule has 0 heterocycles. The normalized spacial score (nSPS) is 11.0. The standard InChI is InChI=1S/C15H24O3/c1-6-16-14(17-7-2)10-18-15-12(4)8-11(3)9-13(15)5/h8-9,14H,6-7,10H2,1-5H3. The third-order valence-corrected chi connectivity index (χ3v) is 2.67. The molecule has 0 aliphatic heterocycles. The summed E-state index contributed by atoms with van der Waals surface area (Å²) in [7, 11) is 0. The van der Waals surface area contributed by atoms with E-state index in [0.29, 0.717) is 19.8 Å². The number of benzene rings is 1. The highest BCUT2D eigenvalue weighted by molar-refractivity contribution is 5.42. The molecule has 0 N–H and O–H groups in total. The molecular weight excluding hydrogens is 228 g/mol. The lowest BCUT2D eigenvalue weighted by Gasteiger charge is -2.19. The summed E-state index contributed by atoms with van der Waals surface area (Å²) in [4.78, 5) is 0. The van der Waals surface area contributed by atoms with Crippen LogP contribution in [-0.2, 0) is 9.47 Å². The molecule has 0 bridgehead atoms. The largest absolute Gasteiger partial charge is 0.488 e. The summed E-state index contributed by atoms with van der Waals surface area (Å²) in [6.07, 6.45) is -0.292. The zero-order chi connectivity index (χ0) is 13.5. The molecule has 0 aliphatic rings. The summed E-state index contributed by atoms with van der Waals surface area (Å²) in [5, 5.41) is 0. The highest BCUT2D eigenvalue weighted by Crippen LogP contribution is 2.24. The van der Waals surface area contributed by atoms with E-state index in [2.05, 4.69) is 32.9 Å². The van der Waals surface area contributed by atoms with Gasteiger partial charge in [0, 0.05) is 13.2 Å². The Kier molecular flexibility index (Phi) is 6.16. The molecule has 0 aliphatic carbocycles. The summed E-state index contributed by atoms with van der Waals surface area (Å²) in [6, 6.07) is 4.25. The van der Waals surface area contributed by atoms with Crippen molar-refractivity contribution in [2.75, 3.05) is 19.8 Å². The van der Waals surface area contributed by atoms with Gasteiger partial charge in [-0.25, -0.2) is 0 Å². The molecule has 1 rings (SSSR count). The summed E-state index contributed by atoms with van der Waals surface area (Å²) in [6.45, 7) is 11.8. The van der Waals surface area contributed by atoms with Crippen LogP contribution in [0.5, 0.6) is 5.75 Å². The second kappa shape index (κ2) is 7.39. The summed E-state index contributed by atoms with van der Waals surface area (Å²) < 4.78 is 16.8. The Hall–Kier alpha value is -1.06. The van der Waals surface area contributed by atoms with Crippen LogP contribution >= 0.6 is 0 Å². The molecule has 0 spiro atoms. The van der Waals surface area contributed by atoms with Crippen LogP contribution in [0.15, 0.2) is 12.1 Å². The van der Waals surface area contributed by atoms with Gasteiger partial charge in [-0.3, -0.25) is 0 Å².